The molecule has 2 rings (SSSR count). The molecule has 0 aromatic heterocycles. The lowest BCUT2D eigenvalue weighted by atomic mass is 10.2. The Kier molecular flexibility index (Phi) is 4.88. The van der Waals surface area contributed by atoms with Crippen LogP contribution >= 0.6 is 10.7 Å². The number of amides is 1. The fraction of sp³-hybridized carbons (Fsp3) is 0.462. The van der Waals surface area contributed by atoms with Crippen molar-refractivity contribution in [2.45, 2.75) is 17.1 Å². The number of methoxy groups -OCH3 is 2. The Morgan fingerprint density at radius 3 is 2.00 bits per heavy atom. The molecule has 21 heavy (non-hydrogen) atoms. The summed E-state index contributed by atoms with van der Waals surface area (Å²) in [4.78, 5) is 13.9. The summed E-state index contributed by atoms with van der Waals surface area (Å²) >= 11 is 0. The summed E-state index contributed by atoms with van der Waals surface area (Å²) in [6.45, 7) is 0.868. The average molecular weight is 334 g/mol. The predicted molar refractivity (Wildman–Crippen MR) is 77.0 cm³/mol. The average Bonchev–Trinajstić information content (AvgIpc) is 2.89. The zero-order valence-corrected chi connectivity index (χ0v) is 13.2. The quantitative estimate of drug-likeness (QED) is 0.771. The molecule has 0 saturated carbocycles. The van der Waals surface area contributed by atoms with Crippen molar-refractivity contribution in [1.29, 1.82) is 0 Å². The van der Waals surface area contributed by atoms with E-state index in [1.807, 2.05) is 0 Å². The molecule has 0 spiro atoms. The normalized spacial score (nSPS) is 22.5. The van der Waals surface area contributed by atoms with E-state index in [4.69, 9.17) is 20.2 Å². The van der Waals surface area contributed by atoms with E-state index in [0.29, 0.717) is 18.7 Å². The molecule has 6 nitrogen and oxygen atoms in total. The number of rotatable bonds is 4. The van der Waals surface area contributed by atoms with Gasteiger partial charge in [-0.15, -0.1) is 0 Å². The van der Waals surface area contributed by atoms with Crippen molar-refractivity contribution < 1.29 is 22.7 Å². The first-order chi connectivity index (χ1) is 9.86. The van der Waals surface area contributed by atoms with Crippen LogP contribution in [0.4, 0.5) is 0 Å². The Balaban J connectivity index is 2.14. The van der Waals surface area contributed by atoms with Gasteiger partial charge in [-0.1, -0.05) is 0 Å². The SMILES string of the molecule is COC1CN(C(=O)c2ccc(S(=O)(=O)Cl)cc2)CC1OC. The van der Waals surface area contributed by atoms with Gasteiger partial charge in [0.25, 0.3) is 15.0 Å². The van der Waals surface area contributed by atoms with E-state index >= 15 is 0 Å². The van der Waals surface area contributed by atoms with Crippen LogP contribution in [0.15, 0.2) is 29.2 Å². The lowest BCUT2D eigenvalue weighted by Crippen LogP contribution is -2.30. The molecular formula is C13H16ClNO5S. The lowest BCUT2D eigenvalue weighted by Gasteiger charge is -2.15. The minimum atomic E-state index is -3.78. The molecule has 2 atom stereocenters. The van der Waals surface area contributed by atoms with Gasteiger partial charge < -0.3 is 14.4 Å². The maximum atomic E-state index is 12.4. The molecule has 1 aliphatic heterocycles. The first-order valence-corrected chi connectivity index (χ1v) is 8.57. The molecule has 1 aromatic carbocycles. The second-order valence-corrected chi connectivity index (χ2v) is 7.29. The van der Waals surface area contributed by atoms with Gasteiger partial charge in [-0.3, -0.25) is 4.79 Å². The van der Waals surface area contributed by atoms with Crippen LogP contribution in [0.1, 0.15) is 10.4 Å². The van der Waals surface area contributed by atoms with E-state index < -0.39 is 9.05 Å². The number of carbonyl (C=O) groups excluding carboxylic acids is 1. The number of likely N-dealkylation sites (tertiary alicyclic amines) is 1. The second kappa shape index (κ2) is 6.31. The summed E-state index contributed by atoms with van der Waals surface area (Å²) in [6, 6.07) is 5.51. The molecule has 1 aliphatic rings. The highest BCUT2D eigenvalue weighted by molar-refractivity contribution is 8.13. The van der Waals surface area contributed by atoms with Gasteiger partial charge in [0.05, 0.1) is 4.90 Å². The highest BCUT2D eigenvalue weighted by Crippen LogP contribution is 2.20. The van der Waals surface area contributed by atoms with E-state index in [2.05, 4.69) is 0 Å². The number of benzene rings is 1. The topological polar surface area (TPSA) is 72.9 Å². The third-order valence-corrected chi connectivity index (χ3v) is 4.86. The van der Waals surface area contributed by atoms with Crippen molar-refractivity contribution >= 4 is 25.6 Å². The largest absolute Gasteiger partial charge is 0.377 e. The standard InChI is InChI=1S/C13H16ClNO5S/c1-19-11-7-15(8-12(11)20-2)13(16)9-3-5-10(6-4-9)21(14,17)18/h3-6,11-12H,7-8H2,1-2H3. The summed E-state index contributed by atoms with van der Waals surface area (Å²) in [5.74, 6) is -0.199. The van der Waals surface area contributed by atoms with E-state index in [-0.39, 0.29) is 23.0 Å². The van der Waals surface area contributed by atoms with Gasteiger partial charge in [0, 0.05) is 43.6 Å². The van der Waals surface area contributed by atoms with Crippen molar-refractivity contribution in [1.82, 2.24) is 4.90 Å². The molecule has 116 valence electrons. The summed E-state index contributed by atoms with van der Waals surface area (Å²) in [6.07, 6.45) is -0.331. The molecule has 2 unspecified atom stereocenters. The smallest absolute Gasteiger partial charge is 0.261 e. The van der Waals surface area contributed by atoms with Crippen molar-refractivity contribution in [2.75, 3.05) is 27.3 Å². The predicted octanol–water partition coefficient (Wildman–Crippen LogP) is 1.10. The van der Waals surface area contributed by atoms with Crippen LogP contribution in [0.25, 0.3) is 0 Å². The number of hydrogen-bond acceptors (Lipinski definition) is 5. The summed E-state index contributed by atoms with van der Waals surface area (Å²) < 4.78 is 32.9. The maximum Gasteiger partial charge on any atom is 0.261 e. The minimum absolute atomic E-state index is 0.0355. The van der Waals surface area contributed by atoms with Crippen LogP contribution in [0, 0.1) is 0 Å². The molecule has 1 amide bonds. The molecular weight excluding hydrogens is 318 g/mol. The Bertz CT molecular complexity index is 604. The fourth-order valence-corrected chi connectivity index (χ4v) is 3.07. The van der Waals surface area contributed by atoms with Gasteiger partial charge in [-0.2, -0.15) is 0 Å². The number of halogens is 1. The molecule has 1 heterocycles. The Labute approximate surface area is 128 Å². The highest BCUT2D eigenvalue weighted by Gasteiger charge is 2.35. The molecule has 0 bridgehead atoms. The van der Waals surface area contributed by atoms with E-state index in [0.717, 1.165) is 0 Å². The second-order valence-electron chi connectivity index (χ2n) is 4.72. The zero-order valence-electron chi connectivity index (χ0n) is 11.7. The number of ether oxygens (including phenoxy) is 2. The van der Waals surface area contributed by atoms with Gasteiger partial charge >= 0.3 is 0 Å². The molecule has 1 saturated heterocycles. The third-order valence-electron chi connectivity index (χ3n) is 3.49. The Morgan fingerprint density at radius 1 is 1.14 bits per heavy atom. The van der Waals surface area contributed by atoms with Crippen LogP contribution in [0.2, 0.25) is 0 Å². The summed E-state index contributed by atoms with van der Waals surface area (Å²) in [7, 11) is 4.60. The fourth-order valence-electron chi connectivity index (χ4n) is 2.31. The molecule has 0 radical (unpaired) electrons. The molecule has 8 heteroatoms. The molecule has 0 N–H and O–H groups in total. The van der Waals surface area contributed by atoms with Crippen molar-refractivity contribution in [2.24, 2.45) is 0 Å². The van der Waals surface area contributed by atoms with E-state index in [1.165, 1.54) is 24.3 Å². The number of hydrogen-bond donors (Lipinski definition) is 0. The van der Waals surface area contributed by atoms with Crippen molar-refractivity contribution in [3.8, 4) is 0 Å². The highest BCUT2D eigenvalue weighted by atomic mass is 35.7. The van der Waals surface area contributed by atoms with Crippen LogP contribution < -0.4 is 0 Å². The minimum Gasteiger partial charge on any atom is -0.377 e. The maximum absolute atomic E-state index is 12.4. The van der Waals surface area contributed by atoms with Gasteiger partial charge in [-0.05, 0) is 24.3 Å². The lowest BCUT2D eigenvalue weighted by molar-refractivity contribution is -0.00461. The van der Waals surface area contributed by atoms with Gasteiger partial charge in [0.15, 0.2) is 0 Å². The first kappa shape index (κ1) is 16.2. The Morgan fingerprint density at radius 2 is 1.62 bits per heavy atom. The molecule has 0 aliphatic carbocycles. The van der Waals surface area contributed by atoms with Gasteiger partial charge in [0.2, 0.25) is 0 Å². The number of carbonyl (C=O) groups is 1. The third kappa shape index (κ3) is 3.55. The molecule has 1 aromatic rings. The van der Waals surface area contributed by atoms with E-state index in [1.54, 1.807) is 19.1 Å². The summed E-state index contributed by atoms with van der Waals surface area (Å²) in [5.41, 5.74) is 0.394. The van der Waals surface area contributed by atoms with Crippen molar-refractivity contribution in [3.05, 3.63) is 29.8 Å². The van der Waals surface area contributed by atoms with Crippen LogP contribution in [0.3, 0.4) is 0 Å². The van der Waals surface area contributed by atoms with Crippen LogP contribution in [0.5, 0.6) is 0 Å². The van der Waals surface area contributed by atoms with E-state index in [9.17, 15) is 13.2 Å². The van der Waals surface area contributed by atoms with Crippen LogP contribution in [-0.2, 0) is 18.5 Å². The summed E-state index contributed by atoms with van der Waals surface area (Å²) in [5, 5.41) is 0. The Hall–Kier alpha value is -1.15. The first-order valence-electron chi connectivity index (χ1n) is 6.26. The van der Waals surface area contributed by atoms with Crippen molar-refractivity contribution in [3.63, 3.8) is 0 Å². The monoisotopic (exact) mass is 333 g/mol. The number of nitrogens with zero attached hydrogens (tertiary/aromatic N) is 1. The van der Waals surface area contributed by atoms with Gasteiger partial charge in [0.1, 0.15) is 12.2 Å². The van der Waals surface area contributed by atoms with Gasteiger partial charge in [-0.25, -0.2) is 8.42 Å². The molecule has 1 fully saturated rings. The zero-order chi connectivity index (χ0) is 15.6. The van der Waals surface area contributed by atoms with Crippen LogP contribution in [-0.4, -0.2) is 58.7 Å².